The molecule has 0 fully saturated rings. The SMILES string of the molecule is COc1ccc(C(O)C(=O)Nc2ccc(NC(C)=O)cc2)cc1. The Morgan fingerprint density at radius 1 is 0.957 bits per heavy atom. The molecule has 2 amide bonds. The van der Waals surface area contributed by atoms with Crippen molar-refractivity contribution in [1.29, 1.82) is 0 Å². The van der Waals surface area contributed by atoms with Gasteiger partial charge in [0.2, 0.25) is 5.91 Å². The fourth-order valence-electron chi connectivity index (χ4n) is 1.99. The Kier molecular flexibility index (Phi) is 5.32. The largest absolute Gasteiger partial charge is 0.497 e. The molecule has 6 nitrogen and oxygen atoms in total. The van der Waals surface area contributed by atoms with E-state index in [2.05, 4.69) is 10.6 Å². The maximum Gasteiger partial charge on any atom is 0.257 e. The van der Waals surface area contributed by atoms with Gasteiger partial charge in [-0.1, -0.05) is 12.1 Å². The van der Waals surface area contributed by atoms with Crippen LogP contribution in [0.4, 0.5) is 11.4 Å². The van der Waals surface area contributed by atoms with E-state index in [1.165, 1.54) is 6.92 Å². The lowest BCUT2D eigenvalue weighted by Crippen LogP contribution is -2.20. The first-order valence-corrected chi connectivity index (χ1v) is 7.00. The molecule has 0 aliphatic heterocycles. The summed E-state index contributed by atoms with van der Waals surface area (Å²) in [4.78, 5) is 23.0. The van der Waals surface area contributed by atoms with Crippen molar-refractivity contribution in [2.75, 3.05) is 17.7 Å². The number of amides is 2. The van der Waals surface area contributed by atoms with E-state index in [1.54, 1.807) is 55.6 Å². The van der Waals surface area contributed by atoms with Crippen molar-refractivity contribution in [2.24, 2.45) is 0 Å². The van der Waals surface area contributed by atoms with Crippen molar-refractivity contribution >= 4 is 23.2 Å². The van der Waals surface area contributed by atoms with Crippen LogP contribution in [-0.2, 0) is 9.59 Å². The number of carbonyl (C=O) groups is 2. The third-order valence-corrected chi connectivity index (χ3v) is 3.15. The highest BCUT2D eigenvalue weighted by molar-refractivity contribution is 5.95. The van der Waals surface area contributed by atoms with E-state index in [0.717, 1.165) is 0 Å². The highest BCUT2D eigenvalue weighted by Crippen LogP contribution is 2.20. The highest BCUT2D eigenvalue weighted by Gasteiger charge is 2.17. The van der Waals surface area contributed by atoms with E-state index in [9.17, 15) is 14.7 Å². The summed E-state index contributed by atoms with van der Waals surface area (Å²) in [5.41, 5.74) is 1.63. The molecule has 0 saturated heterocycles. The van der Waals surface area contributed by atoms with Crippen LogP contribution in [0.2, 0.25) is 0 Å². The van der Waals surface area contributed by atoms with Gasteiger partial charge < -0.3 is 20.5 Å². The van der Waals surface area contributed by atoms with Gasteiger partial charge in [0.15, 0.2) is 6.10 Å². The second-order valence-corrected chi connectivity index (χ2v) is 4.92. The lowest BCUT2D eigenvalue weighted by Gasteiger charge is -2.12. The predicted molar refractivity (Wildman–Crippen MR) is 87.3 cm³/mol. The molecule has 0 aliphatic carbocycles. The average molecular weight is 314 g/mol. The zero-order chi connectivity index (χ0) is 16.8. The van der Waals surface area contributed by atoms with Crippen molar-refractivity contribution in [1.82, 2.24) is 0 Å². The van der Waals surface area contributed by atoms with Gasteiger partial charge in [0.1, 0.15) is 5.75 Å². The van der Waals surface area contributed by atoms with Gasteiger partial charge in [0.25, 0.3) is 5.91 Å². The van der Waals surface area contributed by atoms with Crippen LogP contribution in [0.5, 0.6) is 5.75 Å². The Bertz CT molecular complexity index is 681. The van der Waals surface area contributed by atoms with E-state index < -0.39 is 12.0 Å². The molecule has 2 aromatic rings. The number of nitrogens with one attached hydrogen (secondary N) is 2. The van der Waals surface area contributed by atoms with Crippen LogP contribution in [-0.4, -0.2) is 24.0 Å². The molecule has 0 radical (unpaired) electrons. The first-order valence-electron chi connectivity index (χ1n) is 7.00. The Morgan fingerprint density at radius 3 is 1.96 bits per heavy atom. The number of aliphatic hydroxyl groups is 1. The molecule has 0 heterocycles. The molecule has 3 N–H and O–H groups in total. The molecule has 0 bridgehead atoms. The summed E-state index contributed by atoms with van der Waals surface area (Å²) in [6.07, 6.45) is -1.28. The Labute approximate surface area is 134 Å². The highest BCUT2D eigenvalue weighted by atomic mass is 16.5. The molecule has 120 valence electrons. The van der Waals surface area contributed by atoms with Crippen molar-refractivity contribution < 1.29 is 19.4 Å². The Balaban J connectivity index is 2.01. The normalized spacial score (nSPS) is 11.4. The zero-order valence-corrected chi connectivity index (χ0v) is 12.9. The third-order valence-electron chi connectivity index (χ3n) is 3.15. The third kappa shape index (κ3) is 4.55. The summed E-state index contributed by atoms with van der Waals surface area (Å²) in [7, 11) is 1.54. The summed E-state index contributed by atoms with van der Waals surface area (Å²) in [5.74, 6) is -0.0610. The molecule has 0 spiro atoms. The molecule has 2 rings (SSSR count). The number of carbonyl (C=O) groups excluding carboxylic acids is 2. The van der Waals surface area contributed by atoms with Crippen LogP contribution in [0, 0.1) is 0 Å². The van der Waals surface area contributed by atoms with Gasteiger partial charge >= 0.3 is 0 Å². The van der Waals surface area contributed by atoms with Gasteiger partial charge in [-0.05, 0) is 42.0 Å². The van der Waals surface area contributed by atoms with E-state index in [1.807, 2.05) is 0 Å². The van der Waals surface area contributed by atoms with Crippen LogP contribution in [0.3, 0.4) is 0 Å². The molecular weight excluding hydrogens is 296 g/mol. The number of hydrogen-bond donors (Lipinski definition) is 3. The fraction of sp³-hybridized carbons (Fsp3) is 0.176. The summed E-state index contributed by atoms with van der Waals surface area (Å²) in [6, 6.07) is 13.2. The van der Waals surface area contributed by atoms with Gasteiger partial charge in [0.05, 0.1) is 7.11 Å². The average Bonchev–Trinajstić information content (AvgIpc) is 2.55. The van der Waals surface area contributed by atoms with E-state index in [0.29, 0.717) is 22.7 Å². The lowest BCUT2D eigenvalue weighted by atomic mass is 10.1. The number of ether oxygens (including phenoxy) is 1. The maximum absolute atomic E-state index is 12.1. The zero-order valence-electron chi connectivity index (χ0n) is 12.9. The minimum Gasteiger partial charge on any atom is -0.497 e. The van der Waals surface area contributed by atoms with Crippen molar-refractivity contribution in [3.05, 3.63) is 54.1 Å². The smallest absolute Gasteiger partial charge is 0.257 e. The summed E-state index contributed by atoms with van der Waals surface area (Å²) in [5, 5.41) is 15.3. The maximum atomic E-state index is 12.1. The van der Waals surface area contributed by atoms with E-state index >= 15 is 0 Å². The Hall–Kier alpha value is -2.86. The molecule has 0 saturated carbocycles. The molecule has 0 aliphatic rings. The van der Waals surface area contributed by atoms with Crippen LogP contribution < -0.4 is 15.4 Å². The van der Waals surface area contributed by atoms with Crippen LogP contribution in [0.1, 0.15) is 18.6 Å². The number of aliphatic hydroxyl groups excluding tert-OH is 1. The Morgan fingerprint density at radius 2 is 1.48 bits per heavy atom. The number of hydrogen-bond acceptors (Lipinski definition) is 4. The number of anilines is 2. The van der Waals surface area contributed by atoms with Crippen molar-refractivity contribution in [2.45, 2.75) is 13.0 Å². The molecule has 6 heteroatoms. The second-order valence-electron chi connectivity index (χ2n) is 4.92. The monoisotopic (exact) mass is 314 g/mol. The lowest BCUT2D eigenvalue weighted by molar-refractivity contribution is -0.124. The molecule has 2 aromatic carbocycles. The number of rotatable bonds is 5. The first kappa shape index (κ1) is 16.5. The van der Waals surface area contributed by atoms with Gasteiger partial charge in [-0.2, -0.15) is 0 Å². The number of methoxy groups -OCH3 is 1. The van der Waals surface area contributed by atoms with Crippen LogP contribution in [0.25, 0.3) is 0 Å². The van der Waals surface area contributed by atoms with Gasteiger partial charge in [-0.3, -0.25) is 9.59 Å². The van der Waals surface area contributed by atoms with Crippen molar-refractivity contribution in [3.63, 3.8) is 0 Å². The summed E-state index contributed by atoms with van der Waals surface area (Å²) < 4.78 is 5.03. The fourth-order valence-corrected chi connectivity index (χ4v) is 1.99. The van der Waals surface area contributed by atoms with Crippen molar-refractivity contribution in [3.8, 4) is 5.75 Å². The standard InChI is InChI=1S/C17H18N2O4/c1-11(20)18-13-5-7-14(8-6-13)19-17(22)16(21)12-3-9-15(23-2)10-4-12/h3-10,16,21H,1-2H3,(H,18,20)(H,19,22). The van der Waals surface area contributed by atoms with Gasteiger partial charge in [-0.25, -0.2) is 0 Å². The molecule has 23 heavy (non-hydrogen) atoms. The topological polar surface area (TPSA) is 87.7 Å². The minimum absolute atomic E-state index is 0.170. The van der Waals surface area contributed by atoms with E-state index in [-0.39, 0.29) is 5.91 Å². The summed E-state index contributed by atoms with van der Waals surface area (Å²) in [6.45, 7) is 1.42. The van der Waals surface area contributed by atoms with Crippen LogP contribution >= 0.6 is 0 Å². The minimum atomic E-state index is -1.28. The first-order chi connectivity index (χ1) is 11.0. The molecule has 1 unspecified atom stereocenters. The molecule has 1 atom stereocenters. The second kappa shape index (κ2) is 7.42. The van der Waals surface area contributed by atoms with E-state index in [4.69, 9.17) is 4.74 Å². The van der Waals surface area contributed by atoms with Gasteiger partial charge in [-0.15, -0.1) is 0 Å². The predicted octanol–water partition coefficient (Wildman–Crippen LogP) is 2.33. The molecular formula is C17H18N2O4. The number of benzene rings is 2. The molecule has 0 aromatic heterocycles. The van der Waals surface area contributed by atoms with Gasteiger partial charge in [0, 0.05) is 18.3 Å². The van der Waals surface area contributed by atoms with Crippen LogP contribution in [0.15, 0.2) is 48.5 Å². The summed E-state index contributed by atoms with van der Waals surface area (Å²) >= 11 is 0. The quantitative estimate of drug-likeness (QED) is 0.790.